The molecule has 0 saturated heterocycles. The minimum absolute atomic E-state index is 0.0353. The van der Waals surface area contributed by atoms with Crippen LogP contribution in [0.2, 0.25) is 0 Å². The topological polar surface area (TPSA) is 71.3 Å². The smallest absolute Gasteiger partial charge is 0.293 e. The van der Waals surface area contributed by atoms with Crippen LogP contribution in [0.4, 0.5) is 15.8 Å². The summed E-state index contributed by atoms with van der Waals surface area (Å²) >= 11 is 0. The quantitative estimate of drug-likeness (QED) is 0.401. The van der Waals surface area contributed by atoms with Crippen molar-refractivity contribution >= 4 is 34.2 Å². The van der Waals surface area contributed by atoms with Gasteiger partial charge in [-0.3, -0.25) is 9.59 Å². The zero-order valence-electron chi connectivity index (χ0n) is 16.7. The molecule has 0 atom stereocenters. The van der Waals surface area contributed by atoms with Gasteiger partial charge in [-0.2, -0.15) is 0 Å². The van der Waals surface area contributed by atoms with Gasteiger partial charge < -0.3 is 15.1 Å². The highest BCUT2D eigenvalue weighted by molar-refractivity contribution is 6.14. The minimum atomic E-state index is -0.638. The first-order valence-corrected chi connectivity index (χ1v) is 10.0. The predicted octanol–water partition coefficient (Wildman–Crippen LogP) is 5.79. The molecule has 0 aliphatic rings. The summed E-state index contributed by atoms with van der Waals surface area (Å²) in [5.41, 5.74) is 1.94. The van der Waals surface area contributed by atoms with Crippen LogP contribution in [0.15, 0.2) is 83.3 Å². The van der Waals surface area contributed by atoms with Crippen LogP contribution in [0, 0.1) is 5.82 Å². The first-order chi connectivity index (χ1) is 15.1. The van der Waals surface area contributed by atoms with E-state index < -0.39 is 11.7 Å². The Morgan fingerprint density at radius 1 is 0.839 bits per heavy atom. The fraction of sp³-hybridized carbons (Fsp3) is 0.120. The van der Waals surface area contributed by atoms with E-state index in [0.717, 1.165) is 12.0 Å². The SMILES string of the molecule is O=C(CCCc1ccccc1)Nc1c(C(=O)Nc2ccccc2F)oc2ccccc12. The first kappa shape index (κ1) is 20.3. The van der Waals surface area contributed by atoms with E-state index >= 15 is 0 Å². The van der Waals surface area contributed by atoms with Gasteiger partial charge in [0.05, 0.1) is 5.69 Å². The lowest BCUT2D eigenvalue weighted by molar-refractivity contribution is -0.116. The van der Waals surface area contributed by atoms with Crippen LogP contribution in [-0.2, 0) is 11.2 Å². The molecule has 1 aromatic heterocycles. The Morgan fingerprint density at radius 2 is 1.55 bits per heavy atom. The van der Waals surface area contributed by atoms with Crippen LogP contribution in [0.25, 0.3) is 11.0 Å². The van der Waals surface area contributed by atoms with Crippen molar-refractivity contribution in [1.82, 2.24) is 0 Å². The highest BCUT2D eigenvalue weighted by atomic mass is 19.1. The molecule has 0 unspecified atom stereocenters. The maximum Gasteiger partial charge on any atom is 0.293 e. The molecule has 4 aromatic rings. The zero-order valence-corrected chi connectivity index (χ0v) is 16.7. The molecule has 1 heterocycles. The second-order valence-electron chi connectivity index (χ2n) is 7.12. The number of rotatable bonds is 7. The summed E-state index contributed by atoms with van der Waals surface area (Å²) in [5, 5.41) is 5.93. The van der Waals surface area contributed by atoms with E-state index in [4.69, 9.17) is 4.42 Å². The lowest BCUT2D eigenvalue weighted by Gasteiger charge is -2.08. The van der Waals surface area contributed by atoms with Gasteiger partial charge in [0.15, 0.2) is 0 Å². The molecule has 0 bridgehead atoms. The minimum Gasteiger partial charge on any atom is -0.449 e. The molecule has 2 amide bonds. The normalized spacial score (nSPS) is 10.7. The Kier molecular flexibility index (Phi) is 6.08. The number of para-hydroxylation sites is 2. The van der Waals surface area contributed by atoms with Crippen molar-refractivity contribution in [3.8, 4) is 0 Å². The fourth-order valence-electron chi connectivity index (χ4n) is 3.37. The second-order valence-corrected chi connectivity index (χ2v) is 7.12. The molecule has 2 N–H and O–H groups in total. The Labute approximate surface area is 178 Å². The number of furan rings is 1. The van der Waals surface area contributed by atoms with Crippen LogP contribution < -0.4 is 10.6 Å². The average molecular weight is 416 g/mol. The number of nitrogens with one attached hydrogen (secondary N) is 2. The van der Waals surface area contributed by atoms with Gasteiger partial charge in [-0.25, -0.2) is 4.39 Å². The summed E-state index contributed by atoms with van der Waals surface area (Å²) in [7, 11) is 0. The Bertz CT molecular complexity index is 1220. The van der Waals surface area contributed by atoms with Crippen molar-refractivity contribution < 1.29 is 18.4 Å². The molecule has 0 aliphatic heterocycles. The second kappa shape index (κ2) is 9.26. The molecular formula is C25H21FN2O3. The van der Waals surface area contributed by atoms with Crippen LogP contribution >= 0.6 is 0 Å². The van der Waals surface area contributed by atoms with Gasteiger partial charge in [0.2, 0.25) is 11.7 Å². The maximum absolute atomic E-state index is 13.9. The molecule has 31 heavy (non-hydrogen) atoms. The summed E-state index contributed by atoms with van der Waals surface area (Å²) in [6, 6.07) is 22.8. The predicted molar refractivity (Wildman–Crippen MR) is 119 cm³/mol. The van der Waals surface area contributed by atoms with Crippen molar-refractivity contribution in [2.24, 2.45) is 0 Å². The van der Waals surface area contributed by atoms with Crippen molar-refractivity contribution in [3.05, 3.63) is 96.0 Å². The highest BCUT2D eigenvalue weighted by Crippen LogP contribution is 2.32. The number of hydrogen-bond donors (Lipinski definition) is 2. The third-order valence-corrected chi connectivity index (χ3v) is 4.90. The Balaban J connectivity index is 1.51. The monoisotopic (exact) mass is 416 g/mol. The summed E-state index contributed by atoms with van der Waals surface area (Å²) in [4.78, 5) is 25.4. The molecular weight excluding hydrogens is 395 g/mol. The third kappa shape index (κ3) is 4.80. The molecule has 156 valence electrons. The standard InChI is InChI=1S/C25H21FN2O3/c26-19-13-5-6-14-20(19)27-25(30)24-23(18-12-4-7-15-21(18)31-24)28-22(29)16-8-11-17-9-2-1-3-10-17/h1-7,9-10,12-15H,8,11,16H2,(H,27,30)(H,28,29). The molecule has 6 heteroatoms. The van der Waals surface area contributed by atoms with Gasteiger partial charge >= 0.3 is 0 Å². The summed E-state index contributed by atoms with van der Waals surface area (Å²) < 4.78 is 19.6. The third-order valence-electron chi connectivity index (χ3n) is 4.90. The first-order valence-electron chi connectivity index (χ1n) is 10.0. The highest BCUT2D eigenvalue weighted by Gasteiger charge is 2.23. The van der Waals surface area contributed by atoms with E-state index in [-0.39, 0.29) is 23.0 Å². The Hall–Kier alpha value is -3.93. The van der Waals surface area contributed by atoms with Gasteiger partial charge in [-0.1, -0.05) is 54.6 Å². The van der Waals surface area contributed by atoms with Gasteiger partial charge in [0.25, 0.3) is 5.91 Å². The van der Waals surface area contributed by atoms with Gasteiger partial charge in [0, 0.05) is 11.8 Å². The van der Waals surface area contributed by atoms with E-state index in [1.165, 1.54) is 18.2 Å². The van der Waals surface area contributed by atoms with E-state index in [1.54, 1.807) is 30.3 Å². The van der Waals surface area contributed by atoms with E-state index in [9.17, 15) is 14.0 Å². The fourth-order valence-corrected chi connectivity index (χ4v) is 3.37. The van der Waals surface area contributed by atoms with Crippen molar-refractivity contribution in [1.29, 1.82) is 0 Å². The van der Waals surface area contributed by atoms with Crippen LogP contribution in [-0.4, -0.2) is 11.8 Å². The molecule has 0 fully saturated rings. The number of amides is 2. The number of fused-ring (bicyclic) bond motifs is 1. The molecule has 4 rings (SSSR count). The van der Waals surface area contributed by atoms with E-state index in [1.807, 2.05) is 30.3 Å². The van der Waals surface area contributed by atoms with Crippen molar-refractivity contribution in [3.63, 3.8) is 0 Å². The van der Waals surface area contributed by atoms with E-state index in [0.29, 0.717) is 23.8 Å². The molecule has 3 aromatic carbocycles. The van der Waals surface area contributed by atoms with Crippen LogP contribution in [0.5, 0.6) is 0 Å². The molecule has 0 spiro atoms. The zero-order chi connectivity index (χ0) is 21.6. The maximum atomic E-state index is 13.9. The number of anilines is 2. The summed E-state index contributed by atoms with van der Waals surface area (Å²) in [5.74, 6) is -1.48. The molecule has 0 aliphatic carbocycles. The molecule has 5 nitrogen and oxygen atoms in total. The number of halogens is 1. The van der Waals surface area contributed by atoms with Crippen LogP contribution in [0.3, 0.4) is 0 Å². The number of carbonyl (C=O) groups excluding carboxylic acids is 2. The number of hydrogen-bond acceptors (Lipinski definition) is 3. The number of carbonyl (C=O) groups is 2. The summed E-state index contributed by atoms with van der Waals surface area (Å²) in [6.07, 6.45) is 1.74. The molecule has 0 radical (unpaired) electrons. The number of aryl methyl sites for hydroxylation is 1. The van der Waals surface area contributed by atoms with Gasteiger partial charge in [-0.05, 0) is 42.7 Å². The van der Waals surface area contributed by atoms with Gasteiger partial charge in [-0.15, -0.1) is 0 Å². The van der Waals surface area contributed by atoms with Crippen LogP contribution in [0.1, 0.15) is 29.0 Å². The van der Waals surface area contributed by atoms with Crippen molar-refractivity contribution in [2.75, 3.05) is 10.6 Å². The van der Waals surface area contributed by atoms with Crippen molar-refractivity contribution in [2.45, 2.75) is 19.3 Å². The Morgan fingerprint density at radius 3 is 2.35 bits per heavy atom. The summed E-state index contributed by atoms with van der Waals surface area (Å²) in [6.45, 7) is 0. The van der Waals surface area contributed by atoms with E-state index in [2.05, 4.69) is 10.6 Å². The largest absolute Gasteiger partial charge is 0.449 e. The molecule has 0 saturated carbocycles. The average Bonchev–Trinajstić information content (AvgIpc) is 3.14. The van der Waals surface area contributed by atoms with Gasteiger partial charge in [0.1, 0.15) is 17.1 Å². The lowest BCUT2D eigenvalue weighted by Crippen LogP contribution is -2.17. The lowest BCUT2D eigenvalue weighted by atomic mass is 10.1. The number of benzene rings is 3.